The summed E-state index contributed by atoms with van der Waals surface area (Å²) in [5.41, 5.74) is 3.73. The Morgan fingerprint density at radius 2 is 1.91 bits per heavy atom. The highest BCUT2D eigenvalue weighted by molar-refractivity contribution is 7.13. The number of carbonyl (C=O) groups is 1. The molecule has 1 N–H and O–H groups in total. The summed E-state index contributed by atoms with van der Waals surface area (Å²) in [7, 11) is 0. The molecule has 0 unspecified atom stereocenters. The Labute approximate surface area is 197 Å². The molecule has 4 aliphatic carbocycles. The second kappa shape index (κ2) is 8.08. The lowest BCUT2D eigenvalue weighted by Crippen LogP contribution is -2.48. The quantitative estimate of drug-likeness (QED) is 0.466. The number of aromatic nitrogens is 1. The zero-order chi connectivity index (χ0) is 22.6. The molecule has 4 saturated carbocycles. The van der Waals surface area contributed by atoms with Crippen LogP contribution in [0.2, 0.25) is 0 Å². The second-order valence-corrected chi connectivity index (χ2v) is 11.3. The summed E-state index contributed by atoms with van der Waals surface area (Å²) in [5, 5.41) is 5.85. The number of benzene rings is 1. The highest BCUT2D eigenvalue weighted by Gasteiger charge is 2.52. The summed E-state index contributed by atoms with van der Waals surface area (Å²) in [4.78, 5) is 17.0. The van der Waals surface area contributed by atoms with Crippen LogP contribution in [0.5, 0.6) is 0 Å². The molecule has 172 valence electrons. The average Bonchev–Trinajstić information content (AvgIpc) is 3.42. The van der Waals surface area contributed by atoms with E-state index in [2.05, 4.69) is 11.4 Å². The molecule has 33 heavy (non-hydrogen) atoms. The predicted molar refractivity (Wildman–Crippen MR) is 127 cm³/mol. The van der Waals surface area contributed by atoms with E-state index in [1.165, 1.54) is 25.5 Å². The van der Waals surface area contributed by atoms with E-state index in [4.69, 9.17) is 9.40 Å². The number of hydrogen-bond acceptors (Lipinski definition) is 4. The fourth-order valence-corrected chi connectivity index (χ4v) is 7.90. The van der Waals surface area contributed by atoms with Gasteiger partial charge in [-0.1, -0.05) is 0 Å². The molecule has 6 heteroatoms. The Balaban J connectivity index is 1.17. The highest BCUT2D eigenvalue weighted by atomic mass is 32.1. The normalized spacial score (nSPS) is 27.8. The van der Waals surface area contributed by atoms with Gasteiger partial charge in [-0.25, -0.2) is 9.37 Å². The number of nitrogens with one attached hydrogen (secondary N) is 1. The number of carbonyl (C=O) groups excluding carboxylic acids is 1. The van der Waals surface area contributed by atoms with Crippen LogP contribution in [-0.4, -0.2) is 17.4 Å². The largest absolute Gasteiger partial charge is 0.459 e. The topological polar surface area (TPSA) is 55.1 Å². The van der Waals surface area contributed by atoms with Crippen LogP contribution in [0.1, 0.15) is 65.9 Å². The lowest BCUT2D eigenvalue weighted by molar-refractivity contribution is -0.00672. The van der Waals surface area contributed by atoms with Gasteiger partial charge in [0.2, 0.25) is 0 Å². The summed E-state index contributed by atoms with van der Waals surface area (Å²) >= 11 is 1.59. The monoisotopic (exact) mass is 464 g/mol. The van der Waals surface area contributed by atoms with Crippen molar-refractivity contribution >= 4 is 17.2 Å². The number of aryl methyl sites for hydroxylation is 1. The van der Waals surface area contributed by atoms with Gasteiger partial charge in [-0.15, -0.1) is 11.3 Å². The fraction of sp³-hybridized carbons (Fsp3) is 0.481. The first-order chi connectivity index (χ1) is 16.0. The van der Waals surface area contributed by atoms with Crippen molar-refractivity contribution in [3.8, 4) is 10.6 Å². The maximum absolute atomic E-state index is 15.1. The van der Waals surface area contributed by atoms with E-state index in [0.29, 0.717) is 18.7 Å². The third kappa shape index (κ3) is 3.82. The summed E-state index contributed by atoms with van der Waals surface area (Å²) in [6.45, 7) is 2.34. The summed E-state index contributed by atoms with van der Waals surface area (Å²) in [5.74, 6) is 2.46. The molecule has 0 saturated heterocycles. The van der Waals surface area contributed by atoms with Crippen LogP contribution in [0.4, 0.5) is 4.39 Å². The van der Waals surface area contributed by atoms with Crippen LogP contribution < -0.4 is 5.32 Å². The molecule has 4 aliphatic rings. The van der Waals surface area contributed by atoms with Crippen molar-refractivity contribution in [2.75, 3.05) is 6.54 Å². The van der Waals surface area contributed by atoms with Crippen molar-refractivity contribution in [3.63, 3.8) is 0 Å². The van der Waals surface area contributed by atoms with Crippen molar-refractivity contribution in [2.24, 2.45) is 17.8 Å². The zero-order valence-corrected chi connectivity index (χ0v) is 19.7. The van der Waals surface area contributed by atoms with Gasteiger partial charge in [0.25, 0.3) is 5.91 Å². The minimum atomic E-state index is -0.202. The van der Waals surface area contributed by atoms with Gasteiger partial charge in [-0.2, -0.15) is 0 Å². The van der Waals surface area contributed by atoms with Crippen LogP contribution in [0.3, 0.4) is 0 Å². The van der Waals surface area contributed by atoms with Gasteiger partial charge in [0.15, 0.2) is 5.76 Å². The van der Waals surface area contributed by atoms with Crippen molar-refractivity contribution in [3.05, 3.63) is 64.3 Å². The molecule has 4 nitrogen and oxygen atoms in total. The molecular weight excluding hydrogens is 435 g/mol. The number of amides is 1. The first-order valence-corrected chi connectivity index (χ1v) is 12.9. The van der Waals surface area contributed by atoms with E-state index < -0.39 is 0 Å². The van der Waals surface area contributed by atoms with Crippen LogP contribution in [0, 0.1) is 30.5 Å². The number of hydrogen-bond donors (Lipinski definition) is 1. The Bertz CT molecular complexity index is 1160. The van der Waals surface area contributed by atoms with Gasteiger partial charge in [-0.3, -0.25) is 4.79 Å². The third-order valence-corrected chi connectivity index (χ3v) is 9.05. The molecule has 1 amide bonds. The number of rotatable bonds is 6. The third-order valence-electron chi connectivity index (χ3n) is 8.11. The van der Waals surface area contributed by atoms with Crippen molar-refractivity contribution < 1.29 is 13.6 Å². The molecule has 3 aromatic rings. The van der Waals surface area contributed by atoms with Crippen molar-refractivity contribution in [1.82, 2.24) is 10.3 Å². The number of furan rings is 1. The maximum atomic E-state index is 15.1. The summed E-state index contributed by atoms with van der Waals surface area (Å²) in [6.07, 6.45) is 9.68. The minimum absolute atomic E-state index is 0.0309. The van der Waals surface area contributed by atoms with Crippen LogP contribution in [0.15, 0.2) is 40.3 Å². The Morgan fingerprint density at radius 3 is 2.58 bits per heavy atom. The number of thiazole rings is 1. The first-order valence-electron chi connectivity index (χ1n) is 12.1. The fourth-order valence-electron chi connectivity index (χ4n) is 7.05. The van der Waals surface area contributed by atoms with Gasteiger partial charge >= 0.3 is 0 Å². The predicted octanol–water partition coefficient (Wildman–Crippen LogP) is 6.29. The number of halogens is 1. The van der Waals surface area contributed by atoms with Gasteiger partial charge in [0.05, 0.1) is 12.0 Å². The number of nitrogens with zero attached hydrogens (tertiary/aromatic N) is 1. The smallest absolute Gasteiger partial charge is 0.287 e. The van der Waals surface area contributed by atoms with Gasteiger partial charge in [0.1, 0.15) is 10.8 Å². The first kappa shape index (κ1) is 21.1. The van der Waals surface area contributed by atoms with Crippen molar-refractivity contribution in [2.45, 2.75) is 57.3 Å². The van der Waals surface area contributed by atoms with E-state index in [9.17, 15) is 4.79 Å². The van der Waals surface area contributed by atoms with Crippen LogP contribution >= 0.6 is 11.3 Å². The van der Waals surface area contributed by atoms with E-state index in [1.807, 2.05) is 18.4 Å². The SMILES string of the molecule is Cc1ccoc1C(=O)NCCc1csc(-c2ccc(F)c(C34CC5CC(CC(C5)C3)C4)c2)n1. The molecule has 2 heterocycles. The molecule has 4 bridgehead atoms. The Hall–Kier alpha value is -2.47. The molecule has 0 spiro atoms. The van der Waals surface area contributed by atoms with Gasteiger partial charge < -0.3 is 9.73 Å². The van der Waals surface area contributed by atoms with E-state index in [-0.39, 0.29) is 17.1 Å². The second-order valence-electron chi connectivity index (χ2n) is 10.5. The van der Waals surface area contributed by atoms with Crippen LogP contribution in [-0.2, 0) is 11.8 Å². The van der Waals surface area contributed by atoms with E-state index in [1.54, 1.807) is 23.5 Å². The molecule has 2 aromatic heterocycles. The summed E-state index contributed by atoms with van der Waals surface area (Å²) in [6, 6.07) is 7.38. The standard InChI is InChI=1S/C27H29FN2O2S/c1-16-5-7-32-24(16)25(31)29-6-4-21-15-33-26(30-21)20-2-3-23(28)22(11-20)27-12-17-8-18(13-27)10-19(9-17)14-27/h2-3,5,7,11,15,17-19H,4,6,8-10,12-14H2,1H3,(H,29,31). The molecule has 0 aliphatic heterocycles. The van der Waals surface area contributed by atoms with E-state index in [0.717, 1.165) is 64.4 Å². The average molecular weight is 465 g/mol. The lowest BCUT2D eigenvalue weighted by atomic mass is 9.48. The molecule has 4 fully saturated rings. The Morgan fingerprint density at radius 1 is 1.18 bits per heavy atom. The molecular formula is C27H29FN2O2S. The van der Waals surface area contributed by atoms with Crippen molar-refractivity contribution in [1.29, 1.82) is 0 Å². The summed E-state index contributed by atoms with van der Waals surface area (Å²) < 4.78 is 20.4. The zero-order valence-electron chi connectivity index (χ0n) is 18.9. The van der Waals surface area contributed by atoms with Crippen LogP contribution in [0.25, 0.3) is 10.6 Å². The molecule has 7 rings (SSSR count). The Kier molecular flexibility index (Phi) is 5.17. The van der Waals surface area contributed by atoms with Gasteiger partial charge in [-0.05, 0) is 98.4 Å². The maximum Gasteiger partial charge on any atom is 0.287 e. The van der Waals surface area contributed by atoms with Gasteiger partial charge in [0, 0.05) is 29.5 Å². The highest BCUT2D eigenvalue weighted by Crippen LogP contribution is 2.61. The molecule has 0 radical (unpaired) electrons. The molecule has 0 atom stereocenters. The lowest BCUT2D eigenvalue weighted by Gasteiger charge is -2.57. The minimum Gasteiger partial charge on any atom is -0.459 e. The molecule has 1 aromatic carbocycles. The van der Waals surface area contributed by atoms with E-state index >= 15 is 4.39 Å².